The van der Waals surface area contributed by atoms with Crippen LogP contribution in [0.1, 0.15) is 6.92 Å². The van der Waals surface area contributed by atoms with E-state index in [-0.39, 0.29) is 0 Å². The number of hydrogen-bond acceptors (Lipinski definition) is 3. The predicted octanol–water partition coefficient (Wildman–Crippen LogP) is 3.21. The highest BCUT2D eigenvalue weighted by molar-refractivity contribution is 9.10. The zero-order valence-corrected chi connectivity index (χ0v) is 10.4. The number of rotatable bonds is 4. The molecule has 0 saturated heterocycles. The van der Waals surface area contributed by atoms with E-state index in [2.05, 4.69) is 32.8 Å². The van der Waals surface area contributed by atoms with Crippen LogP contribution in [0.3, 0.4) is 0 Å². The second kappa shape index (κ2) is 5.83. The Labute approximate surface area is 95.6 Å². The lowest BCUT2D eigenvalue weighted by Gasteiger charge is -2.06. The minimum Gasteiger partial charge on any atom is -0.244 e. The van der Waals surface area contributed by atoms with Gasteiger partial charge in [-0.2, -0.15) is 0 Å². The van der Waals surface area contributed by atoms with Crippen LogP contribution in [0, 0.1) is 5.92 Å². The van der Waals surface area contributed by atoms with Crippen molar-refractivity contribution in [3.8, 4) is 0 Å². The maximum Gasteiger partial charge on any atom is 0.116 e. The Kier molecular flexibility index (Phi) is 5.06. The summed E-state index contributed by atoms with van der Waals surface area (Å²) in [4.78, 5) is 8.04. The summed E-state index contributed by atoms with van der Waals surface area (Å²) < 4.78 is 0.946. The zero-order valence-electron chi connectivity index (χ0n) is 7.20. The van der Waals surface area contributed by atoms with Crippen LogP contribution in [0.25, 0.3) is 0 Å². The molecule has 13 heavy (non-hydrogen) atoms. The van der Waals surface area contributed by atoms with Crippen LogP contribution in [0.15, 0.2) is 22.0 Å². The van der Waals surface area contributed by atoms with Crippen LogP contribution in [0.2, 0.25) is 0 Å². The third-order valence-corrected chi connectivity index (χ3v) is 4.11. The van der Waals surface area contributed by atoms with Gasteiger partial charge in [-0.05, 0) is 21.8 Å². The van der Waals surface area contributed by atoms with Crippen molar-refractivity contribution in [2.75, 3.05) is 11.6 Å². The SMILES string of the molecule is CC(CCl)CSc1ncncc1Br. The molecule has 0 fully saturated rings. The van der Waals surface area contributed by atoms with E-state index in [9.17, 15) is 0 Å². The highest BCUT2D eigenvalue weighted by atomic mass is 79.9. The van der Waals surface area contributed by atoms with Crippen LogP contribution < -0.4 is 0 Å². The van der Waals surface area contributed by atoms with Crippen molar-refractivity contribution in [1.29, 1.82) is 0 Å². The van der Waals surface area contributed by atoms with Crippen molar-refractivity contribution >= 4 is 39.3 Å². The maximum absolute atomic E-state index is 5.70. The number of hydrogen-bond donors (Lipinski definition) is 0. The molecule has 1 heterocycles. The molecule has 1 aromatic rings. The van der Waals surface area contributed by atoms with Crippen LogP contribution in [0.5, 0.6) is 0 Å². The third-order valence-electron chi connectivity index (χ3n) is 1.40. The molecule has 5 heteroatoms. The second-order valence-electron chi connectivity index (χ2n) is 2.75. The number of aromatic nitrogens is 2. The first kappa shape index (κ1) is 11.3. The summed E-state index contributed by atoms with van der Waals surface area (Å²) >= 11 is 10.8. The van der Waals surface area contributed by atoms with Gasteiger partial charge in [0.25, 0.3) is 0 Å². The molecular weight excluding hydrogens is 272 g/mol. The molecule has 0 radical (unpaired) electrons. The highest BCUT2D eigenvalue weighted by Gasteiger charge is 2.05. The molecule has 2 nitrogen and oxygen atoms in total. The predicted molar refractivity (Wildman–Crippen MR) is 60.3 cm³/mol. The Morgan fingerprint density at radius 2 is 2.46 bits per heavy atom. The van der Waals surface area contributed by atoms with Crippen LogP contribution in [0.4, 0.5) is 0 Å². The summed E-state index contributed by atoms with van der Waals surface area (Å²) in [6.45, 7) is 2.12. The third kappa shape index (κ3) is 3.83. The Morgan fingerprint density at radius 3 is 3.08 bits per heavy atom. The van der Waals surface area contributed by atoms with E-state index >= 15 is 0 Å². The van der Waals surface area contributed by atoms with Gasteiger partial charge in [-0.3, -0.25) is 0 Å². The minimum absolute atomic E-state index is 0.508. The lowest BCUT2D eigenvalue weighted by atomic mass is 10.3. The van der Waals surface area contributed by atoms with Gasteiger partial charge in [0, 0.05) is 17.8 Å². The summed E-state index contributed by atoms with van der Waals surface area (Å²) in [5.41, 5.74) is 0. The highest BCUT2D eigenvalue weighted by Crippen LogP contribution is 2.25. The molecule has 0 aliphatic heterocycles. The second-order valence-corrected chi connectivity index (χ2v) is 4.92. The number of halogens is 2. The summed E-state index contributed by atoms with van der Waals surface area (Å²) in [6.07, 6.45) is 3.30. The lowest BCUT2D eigenvalue weighted by Crippen LogP contribution is -1.99. The quantitative estimate of drug-likeness (QED) is 0.481. The minimum atomic E-state index is 0.508. The maximum atomic E-state index is 5.70. The Morgan fingerprint density at radius 1 is 1.69 bits per heavy atom. The van der Waals surface area contributed by atoms with Gasteiger partial charge in [0.2, 0.25) is 0 Å². The summed E-state index contributed by atoms with van der Waals surface area (Å²) in [7, 11) is 0. The molecule has 1 aromatic heterocycles. The molecule has 1 atom stereocenters. The molecule has 0 saturated carbocycles. The first-order chi connectivity index (χ1) is 6.24. The monoisotopic (exact) mass is 280 g/mol. The van der Waals surface area contributed by atoms with Gasteiger partial charge in [0.15, 0.2) is 0 Å². The van der Waals surface area contributed by atoms with E-state index < -0.39 is 0 Å². The van der Waals surface area contributed by atoms with Crippen molar-refractivity contribution in [3.63, 3.8) is 0 Å². The van der Waals surface area contributed by atoms with E-state index in [0.717, 1.165) is 15.3 Å². The van der Waals surface area contributed by atoms with Gasteiger partial charge in [0.05, 0.1) is 4.47 Å². The van der Waals surface area contributed by atoms with Gasteiger partial charge < -0.3 is 0 Å². The molecule has 0 spiro atoms. The first-order valence-corrected chi connectivity index (χ1v) is 6.19. The van der Waals surface area contributed by atoms with Gasteiger partial charge in [-0.15, -0.1) is 23.4 Å². The average Bonchev–Trinajstić information content (AvgIpc) is 2.16. The first-order valence-electron chi connectivity index (χ1n) is 3.88. The largest absolute Gasteiger partial charge is 0.244 e. The fourth-order valence-corrected chi connectivity index (χ4v) is 2.35. The van der Waals surface area contributed by atoms with E-state index in [1.54, 1.807) is 24.3 Å². The Balaban J connectivity index is 2.50. The van der Waals surface area contributed by atoms with E-state index in [1.165, 1.54) is 0 Å². The fraction of sp³-hybridized carbons (Fsp3) is 0.500. The lowest BCUT2D eigenvalue weighted by molar-refractivity contribution is 0.757. The van der Waals surface area contributed by atoms with E-state index in [1.807, 2.05) is 0 Å². The molecule has 0 N–H and O–H groups in total. The zero-order chi connectivity index (χ0) is 9.68. The molecule has 0 bridgehead atoms. The normalized spacial score (nSPS) is 12.8. The standard InChI is InChI=1S/C8H10BrClN2S/c1-6(2-10)4-13-8-7(9)3-11-5-12-8/h3,5-6H,2,4H2,1H3. The summed E-state index contributed by atoms with van der Waals surface area (Å²) in [5.74, 6) is 2.18. The fourth-order valence-electron chi connectivity index (χ4n) is 0.673. The number of nitrogens with zero attached hydrogens (tertiary/aromatic N) is 2. The van der Waals surface area contributed by atoms with Crippen molar-refractivity contribution in [1.82, 2.24) is 9.97 Å². The van der Waals surface area contributed by atoms with Gasteiger partial charge >= 0.3 is 0 Å². The van der Waals surface area contributed by atoms with Crippen molar-refractivity contribution in [3.05, 3.63) is 17.0 Å². The number of thioether (sulfide) groups is 1. The molecule has 1 rings (SSSR count). The molecule has 0 amide bonds. The molecule has 0 aliphatic carbocycles. The van der Waals surface area contributed by atoms with Crippen LogP contribution in [-0.4, -0.2) is 21.6 Å². The van der Waals surface area contributed by atoms with Crippen molar-refractivity contribution < 1.29 is 0 Å². The molecular formula is C8H10BrClN2S. The van der Waals surface area contributed by atoms with Crippen LogP contribution in [-0.2, 0) is 0 Å². The number of alkyl halides is 1. The van der Waals surface area contributed by atoms with E-state index in [0.29, 0.717) is 11.8 Å². The Hall–Kier alpha value is 0.200. The molecule has 0 aromatic carbocycles. The summed E-state index contributed by atoms with van der Waals surface area (Å²) in [6, 6.07) is 0. The molecule has 0 aliphatic rings. The smallest absolute Gasteiger partial charge is 0.116 e. The van der Waals surface area contributed by atoms with Crippen molar-refractivity contribution in [2.24, 2.45) is 5.92 Å². The molecule has 1 unspecified atom stereocenters. The van der Waals surface area contributed by atoms with Gasteiger partial charge in [-0.25, -0.2) is 9.97 Å². The van der Waals surface area contributed by atoms with Gasteiger partial charge in [0.1, 0.15) is 11.4 Å². The summed E-state index contributed by atoms with van der Waals surface area (Å²) in [5, 5.41) is 0.979. The topological polar surface area (TPSA) is 25.8 Å². The van der Waals surface area contributed by atoms with Crippen molar-refractivity contribution in [2.45, 2.75) is 11.9 Å². The Bertz CT molecular complexity index is 272. The average molecular weight is 282 g/mol. The van der Waals surface area contributed by atoms with Gasteiger partial charge in [-0.1, -0.05) is 6.92 Å². The van der Waals surface area contributed by atoms with Crippen LogP contribution >= 0.6 is 39.3 Å². The molecule has 72 valence electrons. The van der Waals surface area contributed by atoms with E-state index in [4.69, 9.17) is 11.6 Å².